The first-order chi connectivity index (χ1) is 14.0. The van der Waals surface area contributed by atoms with Crippen molar-refractivity contribution in [1.29, 1.82) is 0 Å². The lowest BCUT2D eigenvalue weighted by molar-refractivity contribution is -0.244. The Balaban J connectivity index is 1.47. The second-order valence-corrected chi connectivity index (χ2v) is 9.90. The van der Waals surface area contributed by atoms with Gasteiger partial charge < -0.3 is 23.7 Å². The van der Waals surface area contributed by atoms with E-state index < -0.39 is 0 Å². The van der Waals surface area contributed by atoms with Crippen LogP contribution in [0.25, 0.3) is 0 Å². The van der Waals surface area contributed by atoms with E-state index in [4.69, 9.17) is 23.7 Å². The quantitative estimate of drug-likeness (QED) is 0.589. The molecule has 3 aliphatic rings. The molecule has 0 N–H and O–H groups in total. The van der Waals surface area contributed by atoms with Crippen LogP contribution in [0, 0.1) is 0 Å². The van der Waals surface area contributed by atoms with Crippen molar-refractivity contribution in [2.45, 2.75) is 134 Å². The topological polar surface area (TPSA) is 46.2 Å². The van der Waals surface area contributed by atoms with Gasteiger partial charge in [0.2, 0.25) is 0 Å². The number of hydrogen-bond donors (Lipinski definition) is 0. The van der Waals surface area contributed by atoms with Gasteiger partial charge in [0.15, 0.2) is 12.6 Å². The fraction of sp³-hybridized carbons (Fsp3) is 1.00. The highest BCUT2D eigenvalue weighted by Crippen LogP contribution is 2.34. The van der Waals surface area contributed by atoms with Gasteiger partial charge >= 0.3 is 0 Å². The van der Waals surface area contributed by atoms with Crippen molar-refractivity contribution in [3.8, 4) is 0 Å². The van der Waals surface area contributed by atoms with Crippen LogP contribution in [0.4, 0.5) is 0 Å². The van der Waals surface area contributed by atoms with Gasteiger partial charge in [-0.3, -0.25) is 0 Å². The highest BCUT2D eigenvalue weighted by Gasteiger charge is 2.34. The average Bonchev–Trinajstić information content (AvgIpc) is 2.88. The molecule has 3 aliphatic heterocycles. The zero-order chi connectivity index (χ0) is 20.6. The maximum absolute atomic E-state index is 6.57. The van der Waals surface area contributed by atoms with Crippen molar-refractivity contribution in [3.05, 3.63) is 0 Å². The van der Waals surface area contributed by atoms with Crippen LogP contribution >= 0.6 is 0 Å². The maximum atomic E-state index is 6.57. The van der Waals surface area contributed by atoms with Crippen molar-refractivity contribution >= 4 is 0 Å². The van der Waals surface area contributed by atoms with E-state index in [9.17, 15) is 0 Å². The van der Waals surface area contributed by atoms with Crippen LogP contribution in [-0.4, -0.2) is 49.7 Å². The summed E-state index contributed by atoms with van der Waals surface area (Å²) >= 11 is 0. The van der Waals surface area contributed by atoms with Crippen molar-refractivity contribution in [1.82, 2.24) is 0 Å². The summed E-state index contributed by atoms with van der Waals surface area (Å²) in [4.78, 5) is 0. The van der Waals surface area contributed by atoms with Crippen molar-refractivity contribution in [2.24, 2.45) is 0 Å². The molecular weight excluding hydrogens is 368 g/mol. The number of ether oxygens (including phenoxy) is 5. The Morgan fingerprint density at radius 3 is 1.97 bits per heavy atom. The van der Waals surface area contributed by atoms with Gasteiger partial charge in [0.05, 0.1) is 23.9 Å². The molecule has 0 aromatic rings. The fourth-order valence-corrected chi connectivity index (χ4v) is 4.90. The maximum Gasteiger partial charge on any atom is 0.158 e. The Kier molecular flexibility index (Phi) is 9.25. The molecule has 0 radical (unpaired) electrons. The van der Waals surface area contributed by atoms with E-state index in [1.807, 2.05) is 0 Å². The lowest BCUT2D eigenvalue weighted by Gasteiger charge is -2.39. The summed E-state index contributed by atoms with van der Waals surface area (Å²) in [5.74, 6) is 0. The SMILES string of the molecule is CC1CCCC(C)(OC2CCCC(C)(OC3CCCCCO3)CCO2)CCCO1. The third-order valence-electron chi connectivity index (χ3n) is 6.87. The molecule has 0 spiro atoms. The van der Waals surface area contributed by atoms with E-state index in [1.165, 1.54) is 12.8 Å². The molecule has 170 valence electrons. The number of rotatable bonds is 4. The summed E-state index contributed by atoms with van der Waals surface area (Å²) in [6.07, 6.45) is 14.2. The van der Waals surface area contributed by atoms with Crippen LogP contribution in [0.5, 0.6) is 0 Å². The highest BCUT2D eigenvalue weighted by atomic mass is 16.7. The molecule has 0 aromatic carbocycles. The zero-order valence-electron chi connectivity index (χ0n) is 19.1. The molecule has 3 fully saturated rings. The highest BCUT2D eigenvalue weighted by molar-refractivity contribution is 4.81. The van der Waals surface area contributed by atoms with Crippen molar-refractivity contribution < 1.29 is 23.7 Å². The Bertz CT molecular complexity index is 452. The Morgan fingerprint density at radius 1 is 0.586 bits per heavy atom. The second kappa shape index (κ2) is 11.4. The second-order valence-electron chi connectivity index (χ2n) is 9.90. The first-order valence-corrected chi connectivity index (χ1v) is 12.2. The summed E-state index contributed by atoms with van der Waals surface area (Å²) in [7, 11) is 0. The molecule has 3 heterocycles. The molecule has 5 nitrogen and oxygen atoms in total. The average molecular weight is 413 g/mol. The van der Waals surface area contributed by atoms with E-state index in [1.54, 1.807) is 0 Å². The van der Waals surface area contributed by atoms with Gasteiger partial charge in [0.1, 0.15) is 0 Å². The predicted octanol–water partition coefficient (Wildman–Crippen LogP) is 5.74. The van der Waals surface area contributed by atoms with Gasteiger partial charge in [-0.1, -0.05) is 6.42 Å². The van der Waals surface area contributed by atoms with E-state index in [0.29, 0.717) is 12.7 Å². The first kappa shape index (κ1) is 23.5. The van der Waals surface area contributed by atoms with Gasteiger partial charge in [0, 0.05) is 13.2 Å². The van der Waals surface area contributed by atoms with Gasteiger partial charge in [-0.2, -0.15) is 0 Å². The monoisotopic (exact) mass is 412 g/mol. The smallest absolute Gasteiger partial charge is 0.158 e. The molecule has 5 atom stereocenters. The third-order valence-corrected chi connectivity index (χ3v) is 6.87. The Morgan fingerprint density at radius 2 is 1.17 bits per heavy atom. The predicted molar refractivity (Wildman–Crippen MR) is 114 cm³/mol. The van der Waals surface area contributed by atoms with Gasteiger partial charge in [-0.05, 0) is 97.8 Å². The normalized spacial score (nSPS) is 41.3. The van der Waals surface area contributed by atoms with E-state index in [-0.39, 0.29) is 23.8 Å². The van der Waals surface area contributed by atoms with Crippen molar-refractivity contribution in [3.63, 3.8) is 0 Å². The van der Waals surface area contributed by atoms with Crippen LogP contribution in [0.2, 0.25) is 0 Å². The molecule has 0 bridgehead atoms. The summed E-state index contributed by atoms with van der Waals surface area (Å²) in [5, 5.41) is 0. The molecule has 5 unspecified atom stereocenters. The van der Waals surface area contributed by atoms with Crippen LogP contribution < -0.4 is 0 Å². The molecule has 3 saturated heterocycles. The zero-order valence-corrected chi connectivity index (χ0v) is 19.1. The van der Waals surface area contributed by atoms with E-state index in [0.717, 1.165) is 83.8 Å². The third kappa shape index (κ3) is 8.10. The van der Waals surface area contributed by atoms with Crippen LogP contribution in [0.15, 0.2) is 0 Å². The van der Waals surface area contributed by atoms with Gasteiger partial charge in [0.25, 0.3) is 0 Å². The largest absolute Gasteiger partial charge is 0.379 e. The number of hydrogen-bond acceptors (Lipinski definition) is 5. The summed E-state index contributed by atoms with van der Waals surface area (Å²) in [6, 6.07) is 0. The minimum Gasteiger partial charge on any atom is -0.379 e. The molecule has 0 aliphatic carbocycles. The molecule has 0 aromatic heterocycles. The summed E-state index contributed by atoms with van der Waals surface area (Å²) in [5.41, 5.74) is -0.263. The fourth-order valence-electron chi connectivity index (χ4n) is 4.90. The molecular formula is C24H44O5. The Labute approximate surface area is 178 Å². The minimum atomic E-state index is -0.157. The first-order valence-electron chi connectivity index (χ1n) is 12.2. The molecule has 29 heavy (non-hydrogen) atoms. The molecule has 0 saturated carbocycles. The van der Waals surface area contributed by atoms with Crippen LogP contribution in [0.1, 0.15) is 104 Å². The molecule has 5 heteroatoms. The Hall–Kier alpha value is -0.200. The summed E-state index contributed by atoms with van der Waals surface area (Å²) < 4.78 is 31.0. The van der Waals surface area contributed by atoms with Gasteiger partial charge in [-0.25, -0.2) is 0 Å². The minimum absolute atomic E-state index is 0.0450. The van der Waals surface area contributed by atoms with Crippen molar-refractivity contribution in [2.75, 3.05) is 19.8 Å². The molecule has 3 rings (SSSR count). The summed E-state index contributed by atoms with van der Waals surface area (Å²) in [6.45, 7) is 9.03. The van der Waals surface area contributed by atoms with E-state index >= 15 is 0 Å². The lowest BCUT2D eigenvalue weighted by Crippen LogP contribution is -2.40. The molecule has 0 amide bonds. The van der Waals surface area contributed by atoms with Crippen LogP contribution in [0.3, 0.4) is 0 Å². The van der Waals surface area contributed by atoms with Crippen LogP contribution in [-0.2, 0) is 23.7 Å². The lowest BCUT2D eigenvalue weighted by atomic mass is 9.92. The standard InChI is InChI=1S/C24H44O5/c1-20-10-7-13-23(2,15-9-18-25-20)28-22-12-8-14-24(3,16-19-27-22)29-21-11-5-4-6-17-26-21/h20-22H,4-19H2,1-3H3. The van der Waals surface area contributed by atoms with E-state index in [2.05, 4.69) is 20.8 Å². The van der Waals surface area contributed by atoms with Gasteiger partial charge in [-0.15, -0.1) is 0 Å².